The van der Waals surface area contributed by atoms with Gasteiger partial charge in [0, 0.05) is 4.88 Å². The average Bonchev–Trinajstić information content (AvgIpc) is 2.41. The molecule has 1 aromatic heterocycles. The van der Waals surface area contributed by atoms with Crippen LogP contribution in [0.5, 0.6) is 11.5 Å². The second kappa shape index (κ2) is 4.01. The Labute approximate surface area is 83.5 Å². The Hall–Kier alpha value is -0.700. The molecule has 1 rings (SSSR count). The van der Waals surface area contributed by atoms with Crippen molar-refractivity contribution in [2.75, 3.05) is 14.2 Å². The largest absolute Gasteiger partial charge is 0.492 e. The summed E-state index contributed by atoms with van der Waals surface area (Å²) < 4.78 is 10.6. The summed E-state index contributed by atoms with van der Waals surface area (Å²) >= 11 is 1.75. The minimum atomic E-state index is 0.488. The summed E-state index contributed by atoms with van der Waals surface area (Å²) in [6, 6.07) is 0. The van der Waals surface area contributed by atoms with Gasteiger partial charge < -0.3 is 9.47 Å². The number of hydrogen-bond donors (Lipinski definition) is 0. The zero-order valence-electron chi connectivity index (χ0n) is 8.80. The highest BCUT2D eigenvalue weighted by Crippen LogP contribution is 2.44. The monoisotopic (exact) mass is 200 g/mol. The number of aryl methyl sites for hydroxylation is 1. The van der Waals surface area contributed by atoms with Crippen LogP contribution in [0.3, 0.4) is 0 Å². The molecule has 0 atom stereocenters. The van der Waals surface area contributed by atoms with Gasteiger partial charge in [-0.2, -0.15) is 0 Å². The van der Waals surface area contributed by atoms with Crippen molar-refractivity contribution in [3.05, 3.63) is 9.75 Å². The molecule has 0 saturated heterocycles. The third-order valence-corrected chi connectivity index (χ3v) is 3.31. The smallest absolute Gasteiger partial charge is 0.175 e. The summed E-state index contributed by atoms with van der Waals surface area (Å²) in [6.07, 6.45) is 0. The molecule has 0 unspecified atom stereocenters. The maximum Gasteiger partial charge on any atom is 0.175 e. The van der Waals surface area contributed by atoms with Gasteiger partial charge in [0.2, 0.25) is 0 Å². The summed E-state index contributed by atoms with van der Waals surface area (Å²) in [5.74, 6) is 2.28. The molecule has 0 aliphatic rings. The van der Waals surface area contributed by atoms with E-state index >= 15 is 0 Å². The van der Waals surface area contributed by atoms with Gasteiger partial charge in [0.05, 0.1) is 19.1 Å². The van der Waals surface area contributed by atoms with E-state index in [1.807, 2.05) is 0 Å². The zero-order chi connectivity index (χ0) is 10.0. The van der Waals surface area contributed by atoms with Crippen molar-refractivity contribution in [3.8, 4) is 11.5 Å². The highest BCUT2D eigenvalue weighted by Gasteiger charge is 2.18. The van der Waals surface area contributed by atoms with Gasteiger partial charge in [-0.15, -0.1) is 11.3 Å². The lowest BCUT2D eigenvalue weighted by atomic mass is 10.1. The van der Waals surface area contributed by atoms with Gasteiger partial charge in [-0.3, -0.25) is 0 Å². The lowest BCUT2D eigenvalue weighted by Crippen LogP contribution is -1.91. The maximum absolute atomic E-state index is 5.33. The van der Waals surface area contributed by atoms with Crippen LogP contribution in [0, 0.1) is 6.92 Å². The third-order valence-electron chi connectivity index (χ3n) is 1.95. The molecule has 0 N–H and O–H groups in total. The summed E-state index contributed by atoms with van der Waals surface area (Å²) in [5.41, 5.74) is 0. The van der Waals surface area contributed by atoms with Gasteiger partial charge in [0.1, 0.15) is 0 Å². The molecule has 0 aliphatic carbocycles. The Morgan fingerprint density at radius 2 is 1.62 bits per heavy atom. The molecule has 0 radical (unpaired) electrons. The Kier molecular flexibility index (Phi) is 3.20. The number of hydrogen-bond acceptors (Lipinski definition) is 3. The lowest BCUT2D eigenvalue weighted by molar-refractivity contribution is 0.353. The van der Waals surface area contributed by atoms with Crippen molar-refractivity contribution in [1.82, 2.24) is 0 Å². The topological polar surface area (TPSA) is 18.5 Å². The van der Waals surface area contributed by atoms with Crippen LogP contribution < -0.4 is 9.47 Å². The SMILES string of the molecule is COc1c(C)sc(C(C)C)c1OC. The number of thiophene rings is 1. The van der Waals surface area contributed by atoms with Gasteiger partial charge in [-0.1, -0.05) is 13.8 Å². The van der Waals surface area contributed by atoms with E-state index in [0.29, 0.717) is 5.92 Å². The standard InChI is InChI=1S/C10H16O2S/c1-6(2)10-9(12-5)8(11-4)7(3)13-10/h6H,1-5H3. The van der Waals surface area contributed by atoms with Crippen LogP contribution in [-0.2, 0) is 0 Å². The van der Waals surface area contributed by atoms with E-state index in [4.69, 9.17) is 9.47 Å². The zero-order valence-corrected chi connectivity index (χ0v) is 9.62. The Morgan fingerprint density at radius 3 is 2.00 bits per heavy atom. The van der Waals surface area contributed by atoms with Crippen molar-refractivity contribution < 1.29 is 9.47 Å². The van der Waals surface area contributed by atoms with E-state index in [1.54, 1.807) is 25.6 Å². The van der Waals surface area contributed by atoms with Crippen LogP contribution in [0.1, 0.15) is 29.5 Å². The van der Waals surface area contributed by atoms with Gasteiger partial charge in [0.25, 0.3) is 0 Å². The minimum absolute atomic E-state index is 0.488. The Bertz CT molecular complexity index is 289. The van der Waals surface area contributed by atoms with E-state index in [-0.39, 0.29) is 0 Å². The van der Waals surface area contributed by atoms with Crippen LogP contribution >= 0.6 is 11.3 Å². The normalized spacial score (nSPS) is 10.6. The minimum Gasteiger partial charge on any atom is -0.492 e. The molecule has 74 valence electrons. The molecular weight excluding hydrogens is 184 g/mol. The molecule has 0 spiro atoms. The first-order valence-corrected chi connectivity index (χ1v) is 5.14. The molecule has 0 aliphatic heterocycles. The molecule has 0 amide bonds. The second-order valence-electron chi connectivity index (χ2n) is 3.24. The highest BCUT2D eigenvalue weighted by atomic mass is 32.1. The first-order chi connectivity index (χ1) is 6.11. The second-order valence-corrected chi connectivity index (χ2v) is 4.50. The third kappa shape index (κ3) is 1.80. The number of methoxy groups -OCH3 is 2. The van der Waals surface area contributed by atoms with Crippen molar-refractivity contribution in [1.29, 1.82) is 0 Å². The van der Waals surface area contributed by atoms with E-state index in [0.717, 1.165) is 11.5 Å². The molecule has 1 heterocycles. The highest BCUT2D eigenvalue weighted by molar-refractivity contribution is 7.12. The molecule has 0 saturated carbocycles. The van der Waals surface area contributed by atoms with Crippen LogP contribution in [0.15, 0.2) is 0 Å². The lowest BCUT2D eigenvalue weighted by Gasteiger charge is -2.07. The molecule has 0 bridgehead atoms. The van der Waals surface area contributed by atoms with Crippen LogP contribution in [-0.4, -0.2) is 14.2 Å². The fourth-order valence-electron chi connectivity index (χ4n) is 1.34. The van der Waals surface area contributed by atoms with Gasteiger partial charge in [0.15, 0.2) is 11.5 Å². The van der Waals surface area contributed by atoms with E-state index < -0.39 is 0 Å². The molecular formula is C10H16O2S. The van der Waals surface area contributed by atoms with Crippen molar-refractivity contribution in [2.45, 2.75) is 26.7 Å². The summed E-state index contributed by atoms with van der Waals surface area (Å²) in [6.45, 7) is 6.37. The van der Waals surface area contributed by atoms with Gasteiger partial charge >= 0.3 is 0 Å². The van der Waals surface area contributed by atoms with Gasteiger partial charge in [-0.05, 0) is 12.8 Å². The first-order valence-electron chi connectivity index (χ1n) is 4.33. The van der Waals surface area contributed by atoms with Crippen molar-refractivity contribution >= 4 is 11.3 Å². The Morgan fingerprint density at radius 1 is 1.08 bits per heavy atom. The maximum atomic E-state index is 5.33. The molecule has 2 nitrogen and oxygen atoms in total. The molecule has 0 aromatic carbocycles. The molecule has 3 heteroatoms. The van der Waals surface area contributed by atoms with Crippen LogP contribution in [0.25, 0.3) is 0 Å². The van der Waals surface area contributed by atoms with Gasteiger partial charge in [-0.25, -0.2) is 0 Å². The predicted molar refractivity (Wildman–Crippen MR) is 56.2 cm³/mol. The molecule has 1 aromatic rings. The van der Waals surface area contributed by atoms with E-state index in [1.165, 1.54) is 9.75 Å². The summed E-state index contributed by atoms with van der Waals surface area (Å²) in [4.78, 5) is 2.44. The predicted octanol–water partition coefficient (Wildman–Crippen LogP) is 3.20. The van der Waals surface area contributed by atoms with Crippen LogP contribution in [0.2, 0.25) is 0 Å². The number of rotatable bonds is 3. The molecule has 0 fully saturated rings. The fourth-order valence-corrected chi connectivity index (χ4v) is 2.44. The summed E-state index contributed by atoms with van der Waals surface area (Å²) in [5, 5.41) is 0. The Balaban J connectivity index is 3.21. The average molecular weight is 200 g/mol. The molecule has 13 heavy (non-hydrogen) atoms. The fraction of sp³-hybridized carbons (Fsp3) is 0.600. The first kappa shape index (κ1) is 10.4. The van der Waals surface area contributed by atoms with Crippen molar-refractivity contribution in [2.24, 2.45) is 0 Å². The quantitative estimate of drug-likeness (QED) is 0.746. The van der Waals surface area contributed by atoms with E-state index in [2.05, 4.69) is 20.8 Å². The van der Waals surface area contributed by atoms with E-state index in [9.17, 15) is 0 Å². The van der Waals surface area contributed by atoms with Crippen molar-refractivity contribution in [3.63, 3.8) is 0 Å². The summed E-state index contributed by atoms with van der Waals surface area (Å²) in [7, 11) is 3.37. The number of ether oxygens (including phenoxy) is 2. The van der Waals surface area contributed by atoms with Crippen LogP contribution in [0.4, 0.5) is 0 Å².